The van der Waals surface area contributed by atoms with Crippen LogP contribution >= 0.6 is 22.7 Å². The first kappa shape index (κ1) is 29.7. The molecule has 0 spiro atoms. The number of ketones is 2. The Morgan fingerprint density at radius 1 is 0.951 bits per heavy atom. The zero-order valence-corrected chi connectivity index (χ0v) is 23.2. The second kappa shape index (κ2) is 12.5. The van der Waals surface area contributed by atoms with E-state index in [-0.39, 0.29) is 36.0 Å². The first-order valence-corrected chi connectivity index (χ1v) is 13.8. The minimum absolute atomic E-state index is 0.0959. The van der Waals surface area contributed by atoms with Crippen LogP contribution in [0.4, 0.5) is 13.2 Å². The van der Waals surface area contributed by atoms with Gasteiger partial charge >= 0.3 is 6.36 Å². The minimum atomic E-state index is -4.80. The van der Waals surface area contributed by atoms with Gasteiger partial charge in [0.15, 0.2) is 11.6 Å². The number of benzene rings is 2. The van der Waals surface area contributed by atoms with Crippen molar-refractivity contribution in [1.29, 1.82) is 0 Å². The Morgan fingerprint density at radius 2 is 1.59 bits per heavy atom. The summed E-state index contributed by atoms with van der Waals surface area (Å²) < 4.78 is 41.0. The number of aryl methyl sites for hydroxylation is 1. The van der Waals surface area contributed by atoms with Gasteiger partial charge in [-0.05, 0) is 73.0 Å². The van der Waals surface area contributed by atoms with Gasteiger partial charge in [-0.15, -0.1) is 35.8 Å². The Bertz CT molecular complexity index is 1600. The molecule has 2 aromatic heterocycles. The average molecular weight is 601 g/mol. The predicted molar refractivity (Wildman–Crippen MR) is 151 cm³/mol. The Morgan fingerprint density at radius 3 is 2.20 bits per heavy atom. The van der Waals surface area contributed by atoms with Crippen LogP contribution in [0.15, 0.2) is 71.0 Å². The van der Waals surface area contributed by atoms with E-state index in [0.29, 0.717) is 43.5 Å². The van der Waals surface area contributed by atoms with Crippen molar-refractivity contribution in [1.82, 2.24) is 0 Å². The Hall–Kier alpha value is -4.29. The van der Waals surface area contributed by atoms with Crippen LogP contribution in [0.2, 0.25) is 0 Å². The summed E-state index contributed by atoms with van der Waals surface area (Å²) in [5.74, 6) is -1.39. The fraction of sp³-hybridized carbons (Fsp3) is 0.172. The fourth-order valence-corrected chi connectivity index (χ4v) is 5.74. The van der Waals surface area contributed by atoms with Crippen LogP contribution in [0.3, 0.4) is 0 Å². The van der Waals surface area contributed by atoms with Crippen molar-refractivity contribution in [3.63, 3.8) is 0 Å². The summed E-state index contributed by atoms with van der Waals surface area (Å²) in [6.07, 6.45) is -4.09. The lowest BCUT2D eigenvalue weighted by Crippen LogP contribution is -2.16. The summed E-state index contributed by atoms with van der Waals surface area (Å²) in [5, 5.41) is 12.4. The molecule has 4 rings (SSSR count). The van der Waals surface area contributed by atoms with Gasteiger partial charge in [-0.1, -0.05) is 12.1 Å². The van der Waals surface area contributed by atoms with Gasteiger partial charge in [0.25, 0.3) is 0 Å². The zero-order valence-electron chi connectivity index (χ0n) is 21.5. The number of thiophene rings is 2. The van der Waals surface area contributed by atoms with E-state index in [4.69, 9.17) is 5.73 Å². The van der Waals surface area contributed by atoms with Gasteiger partial charge in [0.2, 0.25) is 5.91 Å². The Kier molecular flexibility index (Phi) is 9.04. The van der Waals surface area contributed by atoms with Gasteiger partial charge in [0, 0.05) is 28.6 Å². The number of halogens is 3. The highest BCUT2D eigenvalue weighted by atomic mass is 32.1. The van der Waals surface area contributed by atoms with E-state index in [1.54, 1.807) is 48.7 Å². The molecule has 0 atom stereocenters. The standard InChI is InChI=1S/C29H23F3N2O5S2/c1-16(21-15-40-27(26(21)37)18-7-9-20(10-8-18)39-29(30,31)32)34-14-23(36)25-13-12-24(41-25)22(35)11-4-17-2-5-19(6-3-17)28(33)38/h2-3,5-10,12-13,15,37H,4,11,14H2,1H3,(H2,33,38). The minimum Gasteiger partial charge on any atom is -0.506 e. The number of rotatable bonds is 11. The molecule has 2 aromatic carbocycles. The Labute approximate surface area is 240 Å². The van der Waals surface area contributed by atoms with E-state index in [2.05, 4.69) is 9.73 Å². The lowest BCUT2D eigenvalue weighted by molar-refractivity contribution is -0.274. The van der Waals surface area contributed by atoms with Gasteiger partial charge in [-0.25, -0.2) is 0 Å². The monoisotopic (exact) mass is 600 g/mol. The van der Waals surface area contributed by atoms with Crippen molar-refractivity contribution < 1.29 is 37.4 Å². The lowest BCUT2D eigenvalue weighted by Gasteiger charge is -2.09. The molecule has 0 fully saturated rings. The van der Waals surface area contributed by atoms with E-state index < -0.39 is 12.3 Å². The number of carbonyl (C=O) groups is 3. The third-order valence-electron chi connectivity index (χ3n) is 6.00. The van der Waals surface area contributed by atoms with Gasteiger partial charge < -0.3 is 15.6 Å². The highest BCUT2D eigenvalue weighted by Crippen LogP contribution is 2.39. The van der Waals surface area contributed by atoms with Crippen molar-refractivity contribution in [2.45, 2.75) is 26.1 Å². The SMILES string of the molecule is CC(=NCC(=O)c1ccc(C(=O)CCc2ccc(C(N)=O)cc2)s1)c1csc(-c2ccc(OC(F)(F)F)cc2)c1O. The highest BCUT2D eigenvalue weighted by Gasteiger charge is 2.31. The van der Waals surface area contributed by atoms with Crippen molar-refractivity contribution in [2.75, 3.05) is 6.54 Å². The van der Waals surface area contributed by atoms with Crippen LogP contribution in [0, 0.1) is 0 Å². The molecule has 0 aliphatic heterocycles. The normalized spacial score (nSPS) is 11.9. The molecule has 0 radical (unpaired) electrons. The van der Waals surface area contributed by atoms with Crippen LogP contribution < -0.4 is 10.5 Å². The van der Waals surface area contributed by atoms with Crippen LogP contribution in [0.5, 0.6) is 11.5 Å². The molecule has 3 N–H and O–H groups in total. The van der Waals surface area contributed by atoms with Gasteiger partial charge in [-0.3, -0.25) is 19.4 Å². The number of alkyl halides is 3. The number of hydrogen-bond acceptors (Lipinski definition) is 8. The van der Waals surface area contributed by atoms with Gasteiger partial charge in [0.1, 0.15) is 18.0 Å². The summed E-state index contributed by atoms with van der Waals surface area (Å²) >= 11 is 2.27. The number of aromatic hydroxyl groups is 1. The van der Waals surface area contributed by atoms with Crippen LogP contribution in [0.1, 0.15) is 54.2 Å². The van der Waals surface area contributed by atoms with Crippen molar-refractivity contribution in [3.8, 4) is 21.9 Å². The van der Waals surface area contributed by atoms with Gasteiger partial charge in [0.05, 0.1) is 14.6 Å². The number of aliphatic imine (C=N–C) groups is 1. The van der Waals surface area contributed by atoms with Crippen molar-refractivity contribution in [2.24, 2.45) is 10.7 Å². The van der Waals surface area contributed by atoms with Crippen LogP contribution in [-0.4, -0.2) is 41.2 Å². The number of hydrogen-bond donors (Lipinski definition) is 2. The number of nitrogens with two attached hydrogens (primary N) is 1. The van der Waals surface area contributed by atoms with E-state index in [9.17, 15) is 32.7 Å². The molecule has 1 amide bonds. The number of nitrogens with zero attached hydrogens (tertiary/aromatic N) is 1. The Balaban J connectivity index is 1.35. The molecule has 0 saturated heterocycles. The third kappa shape index (κ3) is 7.68. The van der Waals surface area contributed by atoms with Gasteiger partial charge in [-0.2, -0.15) is 0 Å². The molecular weight excluding hydrogens is 577 g/mol. The highest BCUT2D eigenvalue weighted by molar-refractivity contribution is 7.16. The second-order valence-electron chi connectivity index (χ2n) is 8.87. The molecule has 0 bridgehead atoms. The number of amides is 1. The molecule has 41 heavy (non-hydrogen) atoms. The molecule has 0 unspecified atom stereocenters. The topological polar surface area (TPSA) is 119 Å². The first-order valence-electron chi connectivity index (χ1n) is 12.1. The summed E-state index contributed by atoms with van der Waals surface area (Å²) in [6.45, 7) is 1.44. The van der Waals surface area contributed by atoms with E-state index in [0.717, 1.165) is 29.0 Å². The molecule has 0 aliphatic rings. The number of ether oxygens (including phenoxy) is 1. The second-order valence-corrected chi connectivity index (χ2v) is 10.8. The maximum atomic E-state index is 12.7. The predicted octanol–water partition coefficient (Wildman–Crippen LogP) is 6.69. The van der Waals surface area contributed by atoms with Crippen molar-refractivity contribution >= 4 is 45.9 Å². The first-order chi connectivity index (χ1) is 19.4. The fourth-order valence-electron chi connectivity index (χ4n) is 3.83. The van der Waals surface area contributed by atoms with E-state index in [1.165, 1.54) is 23.5 Å². The molecule has 4 aromatic rings. The van der Waals surface area contributed by atoms with E-state index in [1.807, 2.05) is 0 Å². The number of Topliss-reactive ketones (excluding diaryl/α,β-unsaturated/α-hetero) is 2. The van der Waals surface area contributed by atoms with E-state index >= 15 is 0 Å². The molecule has 2 heterocycles. The smallest absolute Gasteiger partial charge is 0.506 e. The molecule has 212 valence electrons. The summed E-state index contributed by atoms with van der Waals surface area (Å²) in [4.78, 5) is 42.1. The molecule has 0 saturated carbocycles. The number of carbonyl (C=O) groups excluding carboxylic acids is 3. The largest absolute Gasteiger partial charge is 0.573 e. The molecule has 7 nitrogen and oxygen atoms in total. The maximum absolute atomic E-state index is 12.7. The number of primary amides is 1. The third-order valence-corrected chi connectivity index (χ3v) is 8.19. The molecule has 12 heteroatoms. The van der Waals surface area contributed by atoms with Crippen LogP contribution in [0.25, 0.3) is 10.4 Å². The van der Waals surface area contributed by atoms with Crippen molar-refractivity contribution in [3.05, 3.63) is 92.5 Å². The van der Waals surface area contributed by atoms with Crippen LogP contribution in [-0.2, 0) is 6.42 Å². The summed E-state index contributed by atoms with van der Waals surface area (Å²) in [6, 6.07) is 15.0. The average Bonchev–Trinajstić information content (AvgIpc) is 3.57. The quantitative estimate of drug-likeness (QED) is 0.147. The molecule has 0 aliphatic carbocycles. The zero-order chi connectivity index (χ0) is 29.7. The maximum Gasteiger partial charge on any atom is 0.573 e. The summed E-state index contributed by atoms with van der Waals surface area (Å²) in [7, 11) is 0. The lowest BCUT2D eigenvalue weighted by atomic mass is 10.0. The molecular formula is C29H23F3N2O5S2. The summed E-state index contributed by atoms with van der Waals surface area (Å²) in [5.41, 5.74) is 7.82.